The molecule has 0 saturated carbocycles. The van der Waals surface area contributed by atoms with Crippen molar-refractivity contribution in [2.24, 2.45) is 0 Å². The number of fused-ring (bicyclic) bond motifs is 1. The van der Waals surface area contributed by atoms with Crippen molar-refractivity contribution in [2.45, 2.75) is 6.42 Å². The summed E-state index contributed by atoms with van der Waals surface area (Å²) in [4.78, 5) is 15.0. The SMILES string of the molecule is O=C(NCCOc1ccc(Cl)cc1)NCCc1c[nH]c2ccccc12. The number of urea groups is 1. The Morgan fingerprint density at radius 3 is 2.64 bits per heavy atom. The minimum atomic E-state index is -0.195. The Labute approximate surface area is 151 Å². The van der Waals surface area contributed by atoms with Gasteiger partial charge in [-0.25, -0.2) is 4.79 Å². The van der Waals surface area contributed by atoms with Gasteiger partial charge in [0.1, 0.15) is 12.4 Å². The molecule has 1 heterocycles. The molecule has 0 bridgehead atoms. The second-order valence-electron chi connectivity index (χ2n) is 5.59. The largest absolute Gasteiger partial charge is 0.492 e. The first-order valence-electron chi connectivity index (χ1n) is 8.17. The number of halogens is 1. The zero-order chi connectivity index (χ0) is 17.5. The van der Waals surface area contributed by atoms with Crippen LogP contribution in [0.3, 0.4) is 0 Å². The summed E-state index contributed by atoms with van der Waals surface area (Å²) in [6, 6.07) is 15.1. The molecule has 3 aromatic rings. The normalized spacial score (nSPS) is 10.6. The number of rotatable bonds is 7. The van der Waals surface area contributed by atoms with Gasteiger partial charge in [0.2, 0.25) is 0 Å². The van der Waals surface area contributed by atoms with Gasteiger partial charge in [-0.1, -0.05) is 29.8 Å². The fraction of sp³-hybridized carbons (Fsp3) is 0.211. The molecular formula is C19H20ClN3O2. The van der Waals surface area contributed by atoms with E-state index in [1.54, 1.807) is 24.3 Å². The number of hydrogen-bond acceptors (Lipinski definition) is 2. The predicted molar refractivity (Wildman–Crippen MR) is 100 cm³/mol. The monoisotopic (exact) mass is 357 g/mol. The highest BCUT2D eigenvalue weighted by atomic mass is 35.5. The lowest BCUT2D eigenvalue weighted by Gasteiger charge is -2.09. The first kappa shape index (κ1) is 17.2. The van der Waals surface area contributed by atoms with E-state index in [9.17, 15) is 4.79 Å². The third-order valence-corrected chi connectivity index (χ3v) is 4.08. The third kappa shape index (κ3) is 4.90. The molecule has 0 radical (unpaired) electrons. The van der Waals surface area contributed by atoms with E-state index in [-0.39, 0.29) is 6.03 Å². The average molecular weight is 358 g/mol. The lowest BCUT2D eigenvalue weighted by molar-refractivity contribution is 0.236. The number of H-pyrrole nitrogens is 1. The standard InChI is InChI=1S/C19H20ClN3O2/c20-15-5-7-16(8-6-15)25-12-11-22-19(24)21-10-9-14-13-23-18-4-2-1-3-17(14)18/h1-8,13,23H,9-12H2,(H2,21,22,24). The van der Waals surface area contributed by atoms with E-state index in [0.717, 1.165) is 17.7 Å². The van der Waals surface area contributed by atoms with Gasteiger partial charge in [-0.05, 0) is 42.3 Å². The van der Waals surface area contributed by atoms with Crippen LogP contribution in [-0.2, 0) is 6.42 Å². The van der Waals surface area contributed by atoms with Crippen molar-refractivity contribution < 1.29 is 9.53 Å². The van der Waals surface area contributed by atoms with Crippen molar-refractivity contribution in [2.75, 3.05) is 19.7 Å². The van der Waals surface area contributed by atoms with Gasteiger partial charge in [0.25, 0.3) is 0 Å². The molecular weight excluding hydrogens is 338 g/mol. The highest BCUT2D eigenvalue weighted by molar-refractivity contribution is 6.30. The number of carbonyl (C=O) groups excluding carboxylic acids is 1. The summed E-state index contributed by atoms with van der Waals surface area (Å²) in [5.41, 5.74) is 2.31. The van der Waals surface area contributed by atoms with Gasteiger partial charge in [0.15, 0.2) is 0 Å². The van der Waals surface area contributed by atoms with Crippen LogP contribution in [0.2, 0.25) is 5.02 Å². The lowest BCUT2D eigenvalue weighted by Crippen LogP contribution is -2.38. The second-order valence-corrected chi connectivity index (χ2v) is 6.03. The van der Waals surface area contributed by atoms with E-state index in [1.807, 2.05) is 24.4 Å². The highest BCUT2D eigenvalue weighted by Crippen LogP contribution is 2.17. The highest BCUT2D eigenvalue weighted by Gasteiger charge is 2.04. The number of amides is 2. The number of para-hydroxylation sites is 1. The van der Waals surface area contributed by atoms with E-state index in [4.69, 9.17) is 16.3 Å². The number of hydrogen-bond donors (Lipinski definition) is 3. The summed E-state index contributed by atoms with van der Waals surface area (Å²) >= 11 is 5.81. The Morgan fingerprint density at radius 2 is 1.80 bits per heavy atom. The van der Waals surface area contributed by atoms with Crippen molar-refractivity contribution in [3.05, 3.63) is 65.3 Å². The van der Waals surface area contributed by atoms with Crippen LogP contribution in [0, 0.1) is 0 Å². The quantitative estimate of drug-likeness (QED) is 0.564. The third-order valence-electron chi connectivity index (χ3n) is 3.82. The number of carbonyl (C=O) groups is 1. The smallest absolute Gasteiger partial charge is 0.314 e. The number of ether oxygens (including phenoxy) is 1. The minimum absolute atomic E-state index is 0.195. The number of aromatic amines is 1. The van der Waals surface area contributed by atoms with E-state index in [0.29, 0.717) is 24.7 Å². The minimum Gasteiger partial charge on any atom is -0.492 e. The number of benzene rings is 2. The number of nitrogens with one attached hydrogen (secondary N) is 3. The zero-order valence-corrected chi connectivity index (χ0v) is 14.5. The van der Waals surface area contributed by atoms with E-state index in [1.165, 1.54) is 10.9 Å². The summed E-state index contributed by atoms with van der Waals surface area (Å²) in [5.74, 6) is 0.728. The first-order chi connectivity index (χ1) is 12.2. The fourth-order valence-corrected chi connectivity index (χ4v) is 2.70. The van der Waals surface area contributed by atoms with Crippen molar-refractivity contribution >= 4 is 28.5 Å². The Bertz CT molecular complexity index is 830. The van der Waals surface area contributed by atoms with Gasteiger partial charge in [0, 0.05) is 28.7 Å². The first-order valence-corrected chi connectivity index (χ1v) is 8.55. The molecule has 0 spiro atoms. The van der Waals surface area contributed by atoms with Crippen molar-refractivity contribution in [3.63, 3.8) is 0 Å². The summed E-state index contributed by atoms with van der Waals surface area (Å²) in [7, 11) is 0. The van der Waals surface area contributed by atoms with Crippen molar-refractivity contribution in [1.29, 1.82) is 0 Å². The molecule has 6 heteroatoms. The summed E-state index contributed by atoms with van der Waals surface area (Å²) in [6.07, 6.45) is 2.77. The maximum Gasteiger partial charge on any atom is 0.314 e. The maximum absolute atomic E-state index is 11.8. The predicted octanol–water partition coefficient (Wildman–Crippen LogP) is 3.74. The number of aromatic nitrogens is 1. The van der Waals surface area contributed by atoms with E-state index < -0.39 is 0 Å². The van der Waals surface area contributed by atoms with Crippen LogP contribution in [0.15, 0.2) is 54.7 Å². The molecule has 3 N–H and O–H groups in total. The van der Waals surface area contributed by atoms with Gasteiger partial charge in [-0.3, -0.25) is 0 Å². The van der Waals surface area contributed by atoms with E-state index in [2.05, 4.69) is 21.7 Å². The van der Waals surface area contributed by atoms with Gasteiger partial charge in [-0.15, -0.1) is 0 Å². The summed E-state index contributed by atoms with van der Waals surface area (Å²) < 4.78 is 5.52. The molecule has 0 aliphatic heterocycles. The lowest BCUT2D eigenvalue weighted by atomic mass is 10.1. The van der Waals surface area contributed by atoms with Crippen LogP contribution in [0.25, 0.3) is 10.9 Å². The fourth-order valence-electron chi connectivity index (χ4n) is 2.58. The molecule has 0 aliphatic carbocycles. The van der Waals surface area contributed by atoms with Crippen LogP contribution in [-0.4, -0.2) is 30.7 Å². The van der Waals surface area contributed by atoms with Gasteiger partial charge < -0.3 is 20.4 Å². The molecule has 3 rings (SSSR count). The van der Waals surface area contributed by atoms with Crippen LogP contribution in [0.4, 0.5) is 4.79 Å². The summed E-state index contributed by atoms with van der Waals surface area (Å²) in [6.45, 7) is 1.41. The zero-order valence-electron chi connectivity index (χ0n) is 13.7. The Kier molecular flexibility index (Phi) is 5.80. The molecule has 130 valence electrons. The van der Waals surface area contributed by atoms with E-state index >= 15 is 0 Å². The molecule has 0 unspecified atom stereocenters. The average Bonchev–Trinajstić information content (AvgIpc) is 3.04. The van der Waals surface area contributed by atoms with Crippen LogP contribution in [0.1, 0.15) is 5.56 Å². The Hall–Kier alpha value is -2.66. The Morgan fingerprint density at radius 1 is 1.04 bits per heavy atom. The molecule has 1 aromatic heterocycles. The topological polar surface area (TPSA) is 66.2 Å². The Balaban J connectivity index is 1.33. The maximum atomic E-state index is 11.8. The van der Waals surface area contributed by atoms with Gasteiger partial charge in [-0.2, -0.15) is 0 Å². The molecule has 2 amide bonds. The molecule has 5 nitrogen and oxygen atoms in total. The van der Waals surface area contributed by atoms with Gasteiger partial charge >= 0.3 is 6.03 Å². The van der Waals surface area contributed by atoms with Crippen LogP contribution in [0.5, 0.6) is 5.75 Å². The molecule has 0 saturated heterocycles. The molecule has 2 aromatic carbocycles. The molecule has 0 fully saturated rings. The molecule has 0 atom stereocenters. The van der Waals surface area contributed by atoms with Crippen molar-refractivity contribution in [3.8, 4) is 5.75 Å². The van der Waals surface area contributed by atoms with Crippen LogP contribution >= 0.6 is 11.6 Å². The molecule has 0 aliphatic rings. The second kappa shape index (κ2) is 8.44. The summed E-state index contributed by atoms with van der Waals surface area (Å²) in [5, 5.41) is 7.49. The van der Waals surface area contributed by atoms with Crippen LogP contribution < -0.4 is 15.4 Å². The molecule has 25 heavy (non-hydrogen) atoms. The van der Waals surface area contributed by atoms with Gasteiger partial charge in [0.05, 0.1) is 6.54 Å². The van der Waals surface area contributed by atoms with Crippen molar-refractivity contribution in [1.82, 2.24) is 15.6 Å².